The van der Waals surface area contributed by atoms with Gasteiger partial charge in [0.15, 0.2) is 0 Å². The number of piperidine rings is 4. The number of carbonyl (C=O) groups excluding carboxylic acids is 4. The van der Waals surface area contributed by atoms with Crippen LogP contribution in [0, 0.1) is 11.3 Å². The Morgan fingerprint density at radius 3 is 0.891 bits per heavy atom. The van der Waals surface area contributed by atoms with Gasteiger partial charge in [-0.15, -0.1) is 0 Å². The highest BCUT2D eigenvalue weighted by Gasteiger charge is 2.68. The minimum absolute atomic E-state index is 0.0384. The zero-order valence-corrected chi connectivity index (χ0v) is 44.6. The molecule has 12 nitrogen and oxygen atoms in total. The van der Waals surface area contributed by atoms with E-state index in [-0.39, 0.29) is 50.7 Å². The summed E-state index contributed by atoms with van der Waals surface area (Å²) < 4.78 is 26.5. The molecule has 0 spiro atoms. The maximum atomic E-state index is 15.9. The fourth-order valence-corrected chi connectivity index (χ4v) is 12.4. The van der Waals surface area contributed by atoms with Crippen LogP contribution in [0.15, 0.2) is 0 Å². The van der Waals surface area contributed by atoms with E-state index in [1.54, 1.807) is 0 Å². The summed E-state index contributed by atoms with van der Waals surface area (Å²) in [5.41, 5.74) is -5.79. The molecule has 64 heavy (non-hydrogen) atoms. The predicted octanol–water partition coefficient (Wildman–Crippen LogP) is 9.34. The van der Waals surface area contributed by atoms with E-state index in [9.17, 15) is 0 Å². The van der Waals surface area contributed by atoms with E-state index in [4.69, 9.17) is 18.9 Å². The minimum Gasteiger partial charge on any atom is -0.462 e. The Labute approximate surface area is 389 Å². The lowest BCUT2D eigenvalue weighted by molar-refractivity contribution is -0.210. The second-order valence-corrected chi connectivity index (χ2v) is 25.7. The summed E-state index contributed by atoms with van der Waals surface area (Å²) in [6.07, 6.45) is 4.34. The van der Waals surface area contributed by atoms with Crippen LogP contribution < -0.4 is 0 Å². The van der Waals surface area contributed by atoms with Crippen molar-refractivity contribution in [2.24, 2.45) is 11.3 Å². The SMILES string of the molecule is CCCCCCC(C(=O)OC1CC(C)(C)N(C)C(C)(C)C1)C(C(=O)OC1CC(C)(C)N(C)C(C)(C)C1)(C(=O)OC1CC(C)(C)N(C)C(C)(C)C1)C(=O)OC1CC(C)(C)N(C)C(C)(C)C1. The van der Waals surface area contributed by atoms with Crippen LogP contribution in [0.4, 0.5) is 0 Å². The van der Waals surface area contributed by atoms with Gasteiger partial charge in [0.1, 0.15) is 24.4 Å². The predicted molar refractivity (Wildman–Crippen MR) is 255 cm³/mol. The maximum absolute atomic E-state index is 15.9. The molecule has 0 aromatic rings. The molecule has 1 unspecified atom stereocenters. The van der Waals surface area contributed by atoms with E-state index in [0.29, 0.717) is 57.8 Å². The zero-order chi connectivity index (χ0) is 49.0. The minimum atomic E-state index is -2.80. The lowest BCUT2D eigenvalue weighted by atomic mass is 9.71. The van der Waals surface area contributed by atoms with E-state index in [1.807, 2.05) is 0 Å². The third kappa shape index (κ3) is 11.2. The van der Waals surface area contributed by atoms with Crippen molar-refractivity contribution in [2.75, 3.05) is 28.2 Å². The van der Waals surface area contributed by atoms with Crippen molar-refractivity contribution in [1.82, 2.24) is 19.6 Å². The van der Waals surface area contributed by atoms with Gasteiger partial charge in [0, 0.05) is 95.7 Å². The van der Waals surface area contributed by atoms with Crippen LogP contribution in [0.5, 0.6) is 0 Å². The first-order valence-electron chi connectivity index (χ1n) is 24.7. The molecule has 4 aliphatic rings. The molecular formula is C52H94N4O8. The standard InChI is InChI=1S/C52H94N4O8/c1-22-23-24-25-26-39(40(57)61-35-27-44(2,3)53(18)45(4,5)28-35)52(41(58)62-36-29-46(6,7)54(19)47(8,9)30-36,42(59)63-37-31-48(10,11)55(20)49(12,13)32-37)43(60)64-38-33-50(14,15)56(21)51(16,17)34-38/h35-39H,22-34H2,1-21H3. The molecule has 4 fully saturated rings. The lowest BCUT2D eigenvalue weighted by Crippen LogP contribution is -2.64. The molecule has 0 aromatic heterocycles. The summed E-state index contributed by atoms with van der Waals surface area (Å²) in [6.45, 7) is 35.9. The third-order valence-electron chi connectivity index (χ3n) is 17.3. The van der Waals surface area contributed by atoms with Gasteiger partial charge in [0.05, 0.1) is 5.92 Å². The van der Waals surface area contributed by atoms with Gasteiger partial charge >= 0.3 is 23.9 Å². The van der Waals surface area contributed by atoms with Gasteiger partial charge in [-0.1, -0.05) is 32.6 Å². The number of nitrogens with zero attached hydrogens (tertiary/aromatic N) is 4. The van der Waals surface area contributed by atoms with Crippen molar-refractivity contribution in [3.63, 3.8) is 0 Å². The van der Waals surface area contributed by atoms with E-state index >= 15 is 19.2 Å². The molecule has 1 atom stereocenters. The highest BCUT2D eigenvalue weighted by molar-refractivity contribution is 6.20. The molecule has 0 N–H and O–H groups in total. The Hall–Kier alpha value is -2.28. The molecule has 370 valence electrons. The fraction of sp³-hybridized carbons (Fsp3) is 0.923. The summed E-state index contributed by atoms with van der Waals surface area (Å²) >= 11 is 0. The number of unbranched alkanes of at least 4 members (excludes halogenated alkanes) is 3. The molecule has 0 saturated carbocycles. The molecule has 0 radical (unpaired) electrons. The first-order valence-corrected chi connectivity index (χ1v) is 24.7. The van der Waals surface area contributed by atoms with Gasteiger partial charge in [0.2, 0.25) is 0 Å². The van der Waals surface area contributed by atoms with Crippen molar-refractivity contribution >= 4 is 23.9 Å². The van der Waals surface area contributed by atoms with Crippen molar-refractivity contribution in [3.8, 4) is 0 Å². The van der Waals surface area contributed by atoms with Gasteiger partial charge in [-0.2, -0.15) is 0 Å². The quantitative estimate of drug-likeness (QED) is 0.0716. The van der Waals surface area contributed by atoms with Crippen LogP contribution in [0.3, 0.4) is 0 Å². The summed E-state index contributed by atoms with van der Waals surface area (Å²) in [5.74, 6) is -5.57. The smallest absolute Gasteiger partial charge is 0.336 e. The van der Waals surface area contributed by atoms with E-state index in [2.05, 4.69) is 165 Å². The molecular weight excluding hydrogens is 809 g/mol. The van der Waals surface area contributed by atoms with E-state index in [1.165, 1.54) is 0 Å². The summed E-state index contributed by atoms with van der Waals surface area (Å²) in [7, 11) is 8.30. The van der Waals surface area contributed by atoms with Crippen molar-refractivity contribution in [2.45, 2.75) is 270 Å². The topological polar surface area (TPSA) is 118 Å². The molecule has 0 aromatic carbocycles. The van der Waals surface area contributed by atoms with Crippen LogP contribution in [0.1, 0.15) is 201 Å². The number of hydrogen-bond acceptors (Lipinski definition) is 12. The average molecular weight is 903 g/mol. The van der Waals surface area contributed by atoms with Crippen molar-refractivity contribution in [1.29, 1.82) is 0 Å². The summed E-state index contributed by atoms with van der Waals surface area (Å²) in [4.78, 5) is 72.4. The third-order valence-corrected chi connectivity index (χ3v) is 17.3. The Morgan fingerprint density at radius 2 is 0.656 bits per heavy atom. The highest BCUT2D eigenvalue weighted by Crippen LogP contribution is 2.47. The van der Waals surface area contributed by atoms with Crippen molar-refractivity contribution in [3.05, 3.63) is 0 Å². The monoisotopic (exact) mass is 903 g/mol. The van der Waals surface area contributed by atoms with Crippen LogP contribution in [-0.4, -0.2) is 140 Å². The molecule has 0 bridgehead atoms. The molecule has 12 heteroatoms. The molecule has 0 amide bonds. The van der Waals surface area contributed by atoms with E-state index in [0.717, 1.165) is 19.3 Å². The largest absolute Gasteiger partial charge is 0.462 e. The zero-order valence-electron chi connectivity index (χ0n) is 44.6. The molecule has 4 rings (SSSR count). The average Bonchev–Trinajstić information content (AvgIpc) is 3.10. The number of rotatable bonds is 14. The van der Waals surface area contributed by atoms with Crippen LogP contribution in [0.25, 0.3) is 0 Å². The Morgan fingerprint density at radius 1 is 0.422 bits per heavy atom. The number of ether oxygens (including phenoxy) is 4. The number of carbonyl (C=O) groups is 4. The molecule has 0 aliphatic carbocycles. The highest BCUT2D eigenvalue weighted by atomic mass is 16.6. The number of likely N-dealkylation sites (tertiary alicyclic amines) is 4. The maximum Gasteiger partial charge on any atom is 0.336 e. The van der Waals surface area contributed by atoms with Crippen LogP contribution in [0.2, 0.25) is 0 Å². The fourth-order valence-electron chi connectivity index (χ4n) is 12.4. The van der Waals surface area contributed by atoms with Gasteiger partial charge in [-0.25, -0.2) is 0 Å². The first-order chi connectivity index (χ1) is 28.9. The summed E-state index contributed by atoms with van der Waals surface area (Å²) in [6, 6.07) is 0. The Kier molecular flexibility index (Phi) is 15.8. The lowest BCUT2D eigenvalue weighted by Gasteiger charge is -2.54. The number of esters is 4. The van der Waals surface area contributed by atoms with Gasteiger partial charge in [0.25, 0.3) is 5.41 Å². The van der Waals surface area contributed by atoms with Gasteiger partial charge in [-0.3, -0.25) is 38.8 Å². The molecule has 4 heterocycles. The van der Waals surface area contributed by atoms with Crippen molar-refractivity contribution < 1.29 is 38.1 Å². The first kappa shape index (κ1) is 54.3. The van der Waals surface area contributed by atoms with Crippen LogP contribution >= 0.6 is 0 Å². The normalized spacial score (nSPS) is 27.0. The second kappa shape index (κ2) is 18.7. The van der Waals surface area contributed by atoms with Gasteiger partial charge in [-0.05, 0) is 145 Å². The molecule has 4 aliphatic heterocycles. The molecule has 4 saturated heterocycles. The van der Waals surface area contributed by atoms with Crippen LogP contribution in [-0.2, 0) is 38.1 Å². The van der Waals surface area contributed by atoms with E-state index < -0.39 is 59.6 Å². The second-order valence-electron chi connectivity index (χ2n) is 25.7. The Bertz CT molecular complexity index is 1490. The number of hydrogen-bond donors (Lipinski definition) is 0. The summed E-state index contributed by atoms with van der Waals surface area (Å²) in [5, 5.41) is 0. The van der Waals surface area contributed by atoms with Gasteiger partial charge < -0.3 is 18.9 Å². The Balaban J connectivity index is 1.97.